The molecule has 1 aliphatic rings. The van der Waals surface area contributed by atoms with Crippen LogP contribution in [0.25, 0.3) is 0 Å². The van der Waals surface area contributed by atoms with Gasteiger partial charge >= 0.3 is 0 Å². The van der Waals surface area contributed by atoms with Crippen LogP contribution in [0.3, 0.4) is 0 Å². The molecule has 1 rings (SSSR count). The molecular weight excluding hydrogens is 212 g/mol. The Morgan fingerprint density at radius 2 is 2.18 bits per heavy atom. The Morgan fingerprint density at radius 3 is 2.65 bits per heavy atom. The maximum absolute atomic E-state index is 5.67. The van der Waals surface area contributed by atoms with Crippen molar-refractivity contribution in [1.82, 2.24) is 5.43 Å². The van der Waals surface area contributed by atoms with Gasteiger partial charge in [-0.05, 0) is 42.6 Å². The molecule has 0 aromatic carbocycles. The van der Waals surface area contributed by atoms with Gasteiger partial charge < -0.3 is 4.74 Å². The number of nitrogens with one attached hydrogen (secondary N) is 1. The molecule has 0 bridgehead atoms. The van der Waals surface area contributed by atoms with Crippen LogP contribution in [0.4, 0.5) is 0 Å². The van der Waals surface area contributed by atoms with E-state index in [1.165, 1.54) is 12.0 Å². The molecular formula is C14H28N2O. The van der Waals surface area contributed by atoms with Crippen molar-refractivity contribution in [1.29, 1.82) is 0 Å². The molecule has 1 heterocycles. The van der Waals surface area contributed by atoms with Crippen LogP contribution < -0.4 is 11.3 Å². The Balaban J connectivity index is 2.48. The average Bonchev–Trinajstić information content (AvgIpc) is 2.24. The summed E-state index contributed by atoms with van der Waals surface area (Å²) >= 11 is 0. The Bertz CT molecular complexity index is 255. The van der Waals surface area contributed by atoms with Gasteiger partial charge in [-0.1, -0.05) is 27.7 Å². The zero-order valence-electron chi connectivity index (χ0n) is 11.8. The molecule has 3 N–H and O–H groups in total. The summed E-state index contributed by atoms with van der Waals surface area (Å²) in [6, 6.07) is 0.271. The van der Waals surface area contributed by atoms with Crippen LogP contribution in [0.1, 0.15) is 53.4 Å². The molecule has 0 saturated carbocycles. The summed E-state index contributed by atoms with van der Waals surface area (Å²) in [4.78, 5) is 0. The zero-order chi connectivity index (χ0) is 12.9. The second-order valence-electron chi connectivity index (χ2n) is 6.49. The van der Waals surface area contributed by atoms with Gasteiger partial charge in [-0.15, -0.1) is 0 Å². The number of nitrogens with two attached hydrogens (primary N) is 1. The molecule has 0 aromatic heterocycles. The van der Waals surface area contributed by atoms with Crippen LogP contribution in [-0.2, 0) is 4.74 Å². The van der Waals surface area contributed by atoms with E-state index < -0.39 is 0 Å². The SMILES string of the molecule is CC(CC(NN)C1=COCCC1)CC(C)(C)C. The van der Waals surface area contributed by atoms with E-state index in [0.29, 0.717) is 11.3 Å². The first-order valence-electron chi connectivity index (χ1n) is 6.69. The fourth-order valence-corrected chi connectivity index (χ4v) is 2.70. The smallest absolute Gasteiger partial charge is 0.0876 e. The maximum atomic E-state index is 5.67. The van der Waals surface area contributed by atoms with Crippen molar-refractivity contribution in [2.24, 2.45) is 17.2 Å². The lowest BCUT2D eigenvalue weighted by Gasteiger charge is -2.28. The normalized spacial score (nSPS) is 20.4. The number of hydrogen-bond donors (Lipinski definition) is 2. The first-order chi connectivity index (χ1) is 7.92. The van der Waals surface area contributed by atoms with Gasteiger partial charge in [-0.2, -0.15) is 0 Å². The number of hydrogen-bond acceptors (Lipinski definition) is 3. The van der Waals surface area contributed by atoms with Crippen molar-refractivity contribution < 1.29 is 4.74 Å². The van der Waals surface area contributed by atoms with Gasteiger partial charge in [0.25, 0.3) is 0 Å². The van der Waals surface area contributed by atoms with Crippen molar-refractivity contribution in [3.05, 3.63) is 11.8 Å². The summed E-state index contributed by atoms with van der Waals surface area (Å²) in [6.07, 6.45) is 6.43. The van der Waals surface area contributed by atoms with Crippen molar-refractivity contribution in [2.75, 3.05) is 6.61 Å². The molecule has 0 amide bonds. The molecule has 2 unspecified atom stereocenters. The molecule has 0 saturated heterocycles. The van der Waals surface area contributed by atoms with Gasteiger partial charge in [-0.25, -0.2) is 0 Å². The molecule has 0 aliphatic carbocycles. The minimum absolute atomic E-state index is 0.271. The third kappa shape index (κ3) is 5.55. The minimum atomic E-state index is 0.271. The molecule has 17 heavy (non-hydrogen) atoms. The highest BCUT2D eigenvalue weighted by Crippen LogP contribution is 2.29. The quantitative estimate of drug-likeness (QED) is 0.573. The van der Waals surface area contributed by atoms with E-state index in [0.717, 1.165) is 25.9 Å². The van der Waals surface area contributed by atoms with Crippen LogP contribution in [0, 0.1) is 11.3 Å². The van der Waals surface area contributed by atoms with Gasteiger partial charge in [0.05, 0.1) is 12.9 Å². The molecule has 0 radical (unpaired) electrons. The van der Waals surface area contributed by atoms with E-state index in [-0.39, 0.29) is 6.04 Å². The van der Waals surface area contributed by atoms with Crippen LogP contribution in [0.5, 0.6) is 0 Å². The van der Waals surface area contributed by atoms with Crippen LogP contribution >= 0.6 is 0 Å². The van der Waals surface area contributed by atoms with Gasteiger partial charge in [0.15, 0.2) is 0 Å². The zero-order valence-corrected chi connectivity index (χ0v) is 11.8. The molecule has 0 spiro atoms. The number of hydrazine groups is 1. The highest BCUT2D eigenvalue weighted by molar-refractivity contribution is 5.09. The predicted octanol–water partition coefficient (Wildman–Crippen LogP) is 2.98. The van der Waals surface area contributed by atoms with E-state index in [1.54, 1.807) is 0 Å². The van der Waals surface area contributed by atoms with Gasteiger partial charge in [0, 0.05) is 6.04 Å². The summed E-state index contributed by atoms with van der Waals surface area (Å²) in [7, 11) is 0. The second-order valence-corrected chi connectivity index (χ2v) is 6.49. The molecule has 3 heteroatoms. The van der Waals surface area contributed by atoms with E-state index in [9.17, 15) is 0 Å². The molecule has 3 nitrogen and oxygen atoms in total. The van der Waals surface area contributed by atoms with Crippen molar-refractivity contribution >= 4 is 0 Å². The fraction of sp³-hybridized carbons (Fsp3) is 0.857. The van der Waals surface area contributed by atoms with Crippen LogP contribution in [0.15, 0.2) is 11.8 Å². The largest absolute Gasteiger partial charge is 0.501 e. The van der Waals surface area contributed by atoms with Gasteiger partial charge in [0.2, 0.25) is 0 Å². The van der Waals surface area contributed by atoms with Crippen molar-refractivity contribution in [3.63, 3.8) is 0 Å². The third-order valence-corrected chi connectivity index (χ3v) is 3.21. The highest BCUT2D eigenvalue weighted by atomic mass is 16.5. The lowest BCUT2D eigenvalue weighted by atomic mass is 9.81. The summed E-state index contributed by atoms with van der Waals surface area (Å²) in [5.41, 5.74) is 4.64. The van der Waals surface area contributed by atoms with Gasteiger partial charge in [0.1, 0.15) is 0 Å². The highest BCUT2D eigenvalue weighted by Gasteiger charge is 2.21. The topological polar surface area (TPSA) is 47.3 Å². The number of rotatable bonds is 5. The van der Waals surface area contributed by atoms with E-state index in [2.05, 4.69) is 33.1 Å². The fourth-order valence-electron chi connectivity index (χ4n) is 2.70. The standard InChI is InChI=1S/C14H28N2O/c1-11(9-14(2,3)4)8-13(16-15)12-6-5-7-17-10-12/h10-11,13,16H,5-9,15H2,1-4H3. The maximum Gasteiger partial charge on any atom is 0.0876 e. The summed E-state index contributed by atoms with van der Waals surface area (Å²) in [5.74, 6) is 6.33. The van der Waals surface area contributed by atoms with Crippen LogP contribution in [-0.4, -0.2) is 12.6 Å². The first kappa shape index (κ1) is 14.5. The van der Waals surface area contributed by atoms with Gasteiger partial charge in [-0.3, -0.25) is 11.3 Å². The Hall–Kier alpha value is -0.540. The summed E-state index contributed by atoms with van der Waals surface area (Å²) in [5, 5.41) is 0. The second kappa shape index (κ2) is 6.41. The third-order valence-electron chi connectivity index (χ3n) is 3.21. The van der Waals surface area contributed by atoms with Crippen LogP contribution in [0.2, 0.25) is 0 Å². The summed E-state index contributed by atoms with van der Waals surface area (Å²) < 4.78 is 5.39. The molecule has 100 valence electrons. The van der Waals surface area contributed by atoms with E-state index >= 15 is 0 Å². The average molecular weight is 240 g/mol. The van der Waals surface area contributed by atoms with E-state index in [4.69, 9.17) is 10.6 Å². The Labute approximate surface area is 106 Å². The minimum Gasteiger partial charge on any atom is -0.501 e. The molecule has 2 atom stereocenters. The lowest BCUT2D eigenvalue weighted by molar-refractivity contribution is 0.214. The number of ether oxygens (including phenoxy) is 1. The molecule has 0 fully saturated rings. The van der Waals surface area contributed by atoms with Crippen molar-refractivity contribution in [3.8, 4) is 0 Å². The monoisotopic (exact) mass is 240 g/mol. The van der Waals surface area contributed by atoms with E-state index in [1.807, 2.05) is 6.26 Å². The van der Waals surface area contributed by atoms with Crippen molar-refractivity contribution in [2.45, 2.75) is 59.4 Å². The lowest BCUT2D eigenvalue weighted by Crippen LogP contribution is -2.39. The predicted molar refractivity (Wildman–Crippen MR) is 72.2 cm³/mol. The Morgan fingerprint density at radius 1 is 1.47 bits per heavy atom. The first-order valence-corrected chi connectivity index (χ1v) is 6.69. The molecule has 1 aliphatic heterocycles. The Kier molecular flexibility index (Phi) is 5.47. The molecule has 0 aromatic rings. The summed E-state index contributed by atoms with van der Waals surface area (Å²) in [6.45, 7) is 10.0.